The van der Waals surface area contributed by atoms with E-state index in [4.69, 9.17) is 5.11 Å². The highest BCUT2D eigenvalue weighted by molar-refractivity contribution is 5.94. The molecule has 2 N–H and O–H groups in total. The molecule has 0 heterocycles. The molecule has 0 aromatic heterocycles. The van der Waals surface area contributed by atoms with Crippen molar-refractivity contribution in [3.63, 3.8) is 0 Å². The summed E-state index contributed by atoms with van der Waals surface area (Å²) < 4.78 is 0. The van der Waals surface area contributed by atoms with Crippen molar-refractivity contribution in [2.45, 2.75) is 27.2 Å². The molecule has 0 radical (unpaired) electrons. The van der Waals surface area contributed by atoms with E-state index in [-0.39, 0.29) is 23.6 Å². The Morgan fingerprint density at radius 1 is 1.17 bits per heavy atom. The first-order valence-corrected chi connectivity index (χ1v) is 5.75. The molecule has 0 aliphatic rings. The van der Waals surface area contributed by atoms with E-state index in [1.54, 1.807) is 6.92 Å². The second-order valence-corrected chi connectivity index (χ2v) is 2.84. The predicted octanol–water partition coefficient (Wildman–Crippen LogP) is 2.81. The van der Waals surface area contributed by atoms with Gasteiger partial charge in [-0.15, -0.1) is 0 Å². The Hall–Kier alpha value is -2.10. The number of carboxylic acids is 1. The first-order valence-electron chi connectivity index (χ1n) is 5.75. The van der Waals surface area contributed by atoms with Gasteiger partial charge in [-0.1, -0.05) is 46.1 Å². The molecule has 0 saturated carbocycles. The maximum atomic E-state index is 11.2. The summed E-state index contributed by atoms with van der Waals surface area (Å²) in [6.45, 7) is 12.6. The van der Waals surface area contributed by atoms with Gasteiger partial charge in [0.05, 0.1) is 11.3 Å². The van der Waals surface area contributed by atoms with Crippen LogP contribution in [-0.4, -0.2) is 17.0 Å². The minimum Gasteiger partial charge on any atom is -0.478 e. The van der Waals surface area contributed by atoms with E-state index >= 15 is 0 Å². The molecule has 0 unspecified atom stereocenters. The highest BCUT2D eigenvalue weighted by Gasteiger charge is 2.13. The summed E-state index contributed by atoms with van der Waals surface area (Å²) in [5.74, 6) is -1.39. The Kier molecular flexibility index (Phi) is 11.6. The minimum absolute atomic E-state index is 0.0308. The lowest BCUT2D eigenvalue weighted by molar-refractivity contribution is -0.132. The fraction of sp³-hybridized carbons (Fsp3) is 0.286. The Bertz CT molecular complexity index is 365. The number of allylic oxidation sites excluding steroid dienone is 4. The van der Waals surface area contributed by atoms with Crippen molar-refractivity contribution in [3.8, 4) is 0 Å². The van der Waals surface area contributed by atoms with E-state index in [2.05, 4.69) is 18.5 Å². The molecule has 0 spiro atoms. The molecule has 0 aliphatic carbocycles. The van der Waals surface area contributed by atoms with Crippen molar-refractivity contribution in [2.75, 3.05) is 0 Å². The van der Waals surface area contributed by atoms with Crippen molar-refractivity contribution < 1.29 is 14.7 Å². The Morgan fingerprint density at radius 3 is 2.00 bits per heavy atom. The van der Waals surface area contributed by atoms with Crippen LogP contribution in [0.3, 0.4) is 0 Å². The summed E-state index contributed by atoms with van der Waals surface area (Å²) >= 11 is 0. The fourth-order valence-electron chi connectivity index (χ4n) is 0.949. The van der Waals surface area contributed by atoms with Crippen LogP contribution in [0.2, 0.25) is 0 Å². The van der Waals surface area contributed by atoms with E-state index in [1.165, 1.54) is 24.3 Å². The third-order valence-corrected chi connectivity index (χ3v) is 1.68. The van der Waals surface area contributed by atoms with Gasteiger partial charge in [0.2, 0.25) is 5.91 Å². The van der Waals surface area contributed by atoms with Crippen molar-refractivity contribution in [3.05, 3.63) is 48.7 Å². The second-order valence-electron chi connectivity index (χ2n) is 2.84. The maximum absolute atomic E-state index is 11.2. The molecule has 0 fully saturated rings. The number of carboxylic acid groups (broad SMARTS) is 1. The summed E-state index contributed by atoms with van der Waals surface area (Å²) in [6, 6.07) is 0. The molecule has 0 rings (SSSR count). The SMILES string of the molecule is C=C/C=C(NC(=O)CC)\C(=C/C=C)C(=O)O.CC. The van der Waals surface area contributed by atoms with Crippen LogP contribution in [0.4, 0.5) is 0 Å². The van der Waals surface area contributed by atoms with Gasteiger partial charge in [0.25, 0.3) is 0 Å². The molecule has 4 nitrogen and oxygen atoms in total. The summed E-state index contributed by atoms with van der Waals surface area (Å²) in [4.78, 5) is 22.1. The van der Waals surface area contributed by atoms with Gasteiger partial charge in [0.15, 0.2) is 0 Å². The highest BCUT2D eigenvalue weighted by Crippen LogP contribution is 2.08. The van der Waals surface area contributed by atoms with Gasteiger partial charge in [0, 0.05) is 6.42 Å². The zero-order valence-corrected chi connectivity index (χ0v) is 11.2. The van der Waals surface area contributed by atoms with Crippen LogP contribution in [-0.2, 0) is 9.59 Å². The number of rotatable bonds is 6. The Labute approximate surface area is 108 Å². The number of carbonyl (C=O) groups excluding carboxylic acids is 1. The third kappa shape index (κ3) is 7.22. The summed E-state index contributed by atoms with van der Waals surface area (Å²) in [7, 11) is 0. The van der Waals surface area contributed by atoms with Crippen LogP contribution in [0.5, 0.6) is 0 Å². The highest BCUT2D eigenvalue weighted by atomic mass is 16.4. The zero-order valence-electron chi connectivity index (χ0n) is 11.2. The standard InChI is InChI=1S/C12H15NO3.C2H6/c1-4-7-9(12(15)16)10(8-5-2)13-11(14)6-3;1-2/h4-5,7-8H,1-2,6H2,3H3,(H,13,14)(H,15,16);1-2H3/b9-7+,10-8+;. The molecule has 100 valence electrons. The van der Waals surface area contributed by atoms with Gasteiger partial charge >= 0.3 is 5.97 Å². The fourth-order valence-corrected chi connectivity index (χ4v) is 0.949. The number of hydrogen-bond donors (Lipinski definition) is 2. The lowest BCUT2D eigenvalue weighted by Crippen LogP contribution is -2.25. The van der Waals surface area contributed by atoms with Crippen LogP contribution in [0.1, 0.15) is 27.2 Å². The van der Waals surface area contributed by atoms with Gasteiger partial charge in [-0.05, 0) is 12.2 Å². The number of nitrogens with one attached hydrogen (secondary N) is 1. The van der Waals surface area contributed by atoms with E-state index in [1.807, 2.05) is 13.8 Å². The monoisotopic (exact) mass is 251 g/mol. The first-order chi connectivity index (χ1) is 8.56. The van der Waals surface area contributed by atoms with Gasteiger partial charge in [-0.25, -0.2) is 4.79 Å². The van der Waals surface area contributed by atoms with Gasteiger partial charge < -0.3 is 10.4 Å². The molecule has 0 bridgehead atoms. The van der Waals surface area contributed by atoms with Crippen molar-refractivity contribution in [1.82, 2.24) is 5.32 Å². The molecule has 0 atom stereocenters. The molecule has 0 saturated heterocycles. The summed E-state index contributed by atoms with van der Waals surface area (Å²) in [5, 5.41) is 11.4. The van der Waals surface area contributed by atoms with Crippen LogP contribution in [0, 0.1) is 0 Å². The molecule has 18 heavy (non-hydrogen) atoms. The van der Waals surface area contributed by atoms with Crippen LogP contribution < -0.4 is 5.32 Å². The average molecular weight is 251 g/mol. The average Bonchev–Trinajstić information content (AvgIpc) is 2.37. The molecular formula is C14H21NO3. The van der Waals surface area contributed by atoms with Crippen molar-refractivity contribution >= 4 is 11.9 Å². The van der Waals surface area contributed by atoms with Crippen LogP contribution in [0.15, 0.2) is 48.7 Å². The smallest absolute Gasteiger partial charge is 0.337 e. The first kappa shape index (κ1) is 18.3. The lowest BCUT2D eigenvalue weighted by atomic mass is 10.1. The van der Waals surface area contributed by atoms with Crippen molar-refractivity contribution in [1.29, 1.82) is 0 Å². The number of aliphatic carboxylic acids is 1. The normalized spacial score (nSPS) is 10.8. The molecule has 1 amide bonds. The molecule has 0 aromatic carbocycles. The maximum Gasteiger partial charge on any atom is 0.337 e. The molecule has 0 aliphatic heterocycles. The number of hydrogen-bond acceptors (Lipinski definition) is 2. The minimum atomic E-state index is -1.13. The summed E-state index contributed by atoms with van der Waals surface area (Å²) in [6.07, 6.45) is 5.77. The number of carbonyl (C=O) groups is 2. The van der Waals surface area contributed by atoms with E-state index in [0.717, 1.165) is 0 Å². The lowest BCUT2D eigenvalue weighted by Gasteiger charge is -2.08. The van der Waals surface area contributed by atoms with E-state index < -0.39 is 5.97 Å². The largest absolute Gasteiger partial charge is 0.478 e. The van der Waals surface area contributed by atoms with Crippen molar-refractivity contribution in [2.24, 2.45) is 0 Å². The molecule has 0 aromatic rings. The summed E-state index contributed by atoms with van der Waals surface area (Å²) in [5.41, 5.74) is 0.172. The van der Waals surface area contributed by atoms with Gasteiger partial charge in [-0.2, -0.15) is 0 Å². The molecule has 4 heteroatoms. The van der Waals surface area contributed by atoms with Gasteiger partial charge in [-0.3, -0.25) is 4.79 Å². The van der Waals surface area contributed by atoms with E-state index in [0.29, 0.717) is 0 Å². The van der Waals surface area contributed by atoms with E-state index in [9.17, 15) is 9.59 Å². The van der Waals surface area contributed by atoms with Crippen LogP contribution >= 0.6 is 0 Å². The zero-order chi connectivity index (χ0) is 14.6. The van der Waals surface area contributed by atoms with Crippen LogP contribution in [0.25, 0.3) is 0 Å². The topological polar surface area (TPSA) is 66.4 Å². The Balaban J connectivity index is 0. The second kappa shape index (κ2) is 11.4. The van der Waals surface area contributed by atoms with Gasteiger partial charge in [0.1, 0.15) is 0 Å². The third-order valence-electron chi connectivity index (χ3n) is 1.68. The molecular weight excluding hydrogens is 230 g/mol. The Morgan fingerprint density at radius 2 is 1.67 bits per heavy atom. The quantitative estimate of drug-likeness (QED) is 0.563. The number of amides is 1. The predicted molar refractivity (Wildman–Crippen MR) is 74.0 cm³/mol.